The molecule has 0 spiro atoms. The second-order valence-corrected chi connectivity index (χ2v) is 5.85. The molecule has 0 radical (unpaired) electrons. The number of anilines is 1. The van der Waals surface area contributed by atoms with Crippen molar-refractivity contribution in [3.8, 4) is 0 Å². The van der Waals surface area contributed by atoms with Gasteiger partial charge in [-0.05, 0) is 25.5 Å². The predicted octanol–water partition coefficient (Wildman–Crippen LogP) is 2.59. The molecule has 120 valence electrons. The first kappa shape index (κ1) is 16.3. The number of amides is 3. The zero-order valence-electron chi connectivity index (χ0n) is 13.4. The molecule has 2 N–H and O–H groups in total. The minimum Gasteiger partial charge on any atom is -0.338 e. The molecule has 5 heteroatoms. The molecule has 2 rings (SSSR count). The van der Waals surface area contributed by atoms with Crippen LogP contribution in [0.1, 0.15) is 38.2 Å². The summed E-state index contributed by atoms with van der Waals surface area (Å²) in [5, 5.41) is 5.73. The van der Waals surface area contributed by atoms with Crippen molar-refractivity contribution in [3.05, 3.63) is 29.8 Å². The van der Waals surface area contributed by atoms with Crippen LogP contribution in [0, 0.1) is 6.92 Å². The maximum absolute atomic E-state index is 12.1. The zero-order chi connectivity index (χ0) is 15.9. The van der Waals surface area contributed by atoms with Gasteiger partial charge in [-0.2, -0.15) is 0 Å². The number of aryl methyl sites for hydroxylation is 1. The van der Waals surface area contributed by atoms with Gasteiger partial charge in [0.2, 0.25) is 5.91 Å². The van der Waals surface area contributed by atoms with Crippen LogP contribution in [0.15, 0.2) is 24.3 Å². The number of unbranched alkanes of at least 4 members (excludes halogenated alkanes) is 2. The highest BCUT2D eigenvalue weighted by atomic mass is 16.2. The molecule has 0 bridgehead atoms. The quantitative estimate of drug-likeness (QED) is 0.794. The highest BCUT2D eigenvalue weighted by molar-refractivity contribution is 5.96. The molecule has 1 atom stereocenters. The number of hydrogen-bond acceptors (Lipinski definition) is 2. The zero-order valence-corrected chi connectivity index (χ0v) is 13.4. The van der Waals surface area contributed by atoms with Crippen LogP contribution in [0.2, 0.25) is 0 Å². The van der Waals surface area contributed by atoms with Gasteiger partial charge in [0.1, 0.15) is 0 Å². The lowest BCUT2D eigenvalue weighted by molar-refractivity contribution is -0.117. The maximum Gasteiger partial charge on any atom is 0.315 e. The molecule has 0 unspecified atom stereocenters. The van der Waals surface area contributed by atoms with Crippen LogP contribution < -0.4 is 15.5 Å². The summed E-state index contributed by atoms with van der Waals surface area (Å²) in [6, 6.07) is 7.56. The molecule has 0 aliphatic carbocycles. The van der Waals surface area contributed by atoms with Crippen LogP contribution in [0.5, 0.6) is 0 Å². The number of nitrogens with zero attached hydrogens (tertiary/aromatic N) is 1. The molecule has 1 aromatic carbocycles. The van der Waals surface area contributed by atoms with Crippen LogP contribution in [-0.2, 0) is 4.79 Å². The van der Waals surface area contributed by atoms with Gasteiger partial charge in [-0.25, -0.2) is 4.79 Å². The van der Waals surface area contributed by atoms with Crippen LogP contribution >= 0.6 is 0 Å². The molecule has 1 saturated heterocycles. The SMILES string of the molecule is CCCCCNC(=O)N[C@@H]1CC(=O)N(c2ccc(C)cc2)C1. The maximum atomic E-state index is 12.1. The fraction of sp³-hybridized carbons (Fsp3) is 0.529. The topological polar surface area (TPSA) is 61.4 Å². The lowest BCUT2D eigenvalue weighted by atomic mass is 10.2. The Morgan fingerprint density at radius 2 is 2.00 bits per heavy atom. The predicted molar refractivity (Wildman–Crippen MR) is 88.0 cm³/mol. The summed E-state index contributed by atoms with van der Waals surface area (Å²) >= 11 is 0. The molecule has 1 heterocycles. The van der Waals surface area contributed by atoms with Crippen molar-refractivity contribution in [2.45, 2.75) is 45.6 Å². The van der Waals surface area contributed by atoms with Crippen molar-refractivity contribution >= 4 is 17.6 Å². The average Bonchev–Trinajstić information content (AvgIpc) is 2.85. The molecule has 1 aliphatic rings. The molecular formula is C17H25N3O2. The molecule has 5 nitrogen and oxygen atoms in total. The largest absolute Gasteiger partial charge is 0.338 e. The average molecular weight is 303 g/mol. The van der Waals surface area contributed by atoms with Gasteiger partial charge in [0.15, 0.2) is 0 Å². The van der Waals surface area contributed by atoms with Gasteiger partial charge in [0.25, 0.3) is 0 Å². The van der Waals surface area contributed by atoms with Crippen molar-refractivity contribution in [1.29, 1.82) is 0 Å². The lowest BCUT2D eigenvalue weighted by Crippen LogP contribution is -2.43. The number of urea groups is 1. The molecule has 0 saturated carbocycles. The fourth-order valence-corrected chi connectivity index (χ4v) is 2.59. The fourth-order valence-electron chi connectivity index (χ4n) is 2.59. The van der Waals surface area contributed by atoms with E-state index in [0.29, 0.717) is 19.5 Å². The standard InChI is InChI=1S/C17H25N3O2/c1-3-4-5-10-18-17(22)19-14-11-16(21)20(12-14)15-8-6-13(2)7-9-15/h6-9,14H,3-5,10-12H2,1-2H3,(H2,18,19,22)/t14-/m1/s1. The smallest absolute Gasteiger partial charge is 0.315 e. The van der Waals surface area contributed by atoms with E-state index in [1.54, 1.807) is 4.90 Å². The highest BCUT2D eigenvalue weighted by Gasteiger charge is 2.31. The van der Waals surface area contributed by atoms with E-state index < -0.39 is 0 Å². The van der Waals surface area contributed by atoms with Crippen molar-refractivity contribution in [3.63, 3.8) is 0 Å². The number of carbonyl (C=O) groups is 2. The van der Waals surface area contributed by atoms with Crippen molar-refractivity contribution in [1.82, 2.24) is 10.6 Å². The number of carbonyl (C=O) groups excluding carboxylic acids is 2. The Kier molecular flexibility index (Phi) is 5.81. The van der Waals surface area contributed by atoms with E-state index in [4.69, 9.17) is 0 Å². The third-order valence-electron chi connectivity index (χ3n) is 3.87. The molecule has 1 fully saturated rings. The van der Waals surface area contributed by atoms with Gasteiger partial charge in [-0.3, -0.25) is 4.79 Å². The van der Waals surface area contributed by atoms with Gasteiger partial charge in [-0.15, -0.1) is 0 Å². The summed E-state index contributed by atoms with van der Waals surface area (Å²) in [5.74, 6) is 0.0557. The Bertz CT molecular complexity index is 513. The number of nitrogens with one attached hydrogen (secondary N) is 2. The second kappa shape index (κ2) is 7.82. The normalized spacial score (nSPS) is 17.6. The molecular weight excluding hydrogens is 278 g/mol. The molecule has 1 aliphatic heterocycles. The van der Waals surface area contributed by atoms with Crippen LogP contribution in [-0.4, -0.2) is 31.1 Å². The van der Waals surface area contributed by atoms with E-state index in [-0.39, 0.29) is 18.0 Å². The minimum atomic E-state index is -0.181. The van der Waals surface area contributed by atoms with E-state index >= 15 is 0 Å². The first-order valence-corrected chi connectivity index (χ1v) is 8.01. The number of hydrogen-bond donors (Lipinski definition) is 2. The summed E-state index contributed by atoms with van der Waals surface area (Å²) in [6.07, 6.45) is 3.59. The lowest BCUT2D eigenvalue weighted by Gasteiger charge is -2.17. The molecule has 0 aromatic heterocycles. The van der Waals surface area contributed by atoms with E-state index in [1.165, 1.54) is 0 Å². The minimum absolute atomic E-state index is 0.0557. The second-order valence-electron chi connectivity index (χ2n) is 5.85. The van der Waals surface area contributed by atoms with E-state index in [2.05, 4.69) is 17.6 Å². The third kappa shape index (κ3) is 4.48. The van der Waals surface area contributed by atoms with Crippen LogP contribution in [0.25, 0.3) is 0 Å². The van der Waals surface area contributed by atoms with Crippen molar-refractivity contribution in [2.24, 2.45) is 0 Å². The number of rotatable bonds is 6. The molecule has 1 aromatic rings. The summed E-state index contributed by atoms with van der Waals surface area (Å²) in [7, 11) is 0. The van der Waals surface area contributed by atoms with Gasteiger partial charge in [-0.1, -0.05) is 37.5 Å². The van der Waals surface area contributed by atoms with Crippen LogP contribution in [0.4, 0.5) is 10.5 Å². The van der Waals surface area contributed by atoms with E-state index in [9.17, 15) is 9.59 Å². The van der Waals surface area contributed by atoms with Crippen molar-refractivity contribution in [2.75, 3.05) is 18.0 Å². The third-order valence-corrected chi connectivity index (χ3v) is 3.87. The molecule has 22 heavy (non-hydrogen) atoms. The molecule has 3 amide bonds. The monoisotopic (exact) mass is 303 g/mol. The summed E-state index contributed by atoms with van der Waals surface area (Å²) < 4.78 is 0. The van der Waals surface area contributed by atoms with Gasteiger partial charge >= 0.3 is 6.03 Å². The first-order valence-electron chi connectivity index (χ1n) is 8.01. The number of benzene rings is 1. The Hall–Kier alpha value is -2.04. The van der Waals surface area contributed by atoms with E-state index in [0.717, 1.165) is 30.5 Å². The summed E-state index contributed by atoms with van der Waals surface area (Å²) in [4.78, 5) is 25.6. The Morgan fingerprint density at radius 1 is 1.27 bits per heavy atom. The van der Waals surface area contributed by atoms with Gasteiger partial charge in [0.05, 0.1) is 6.04 Å². The van der Waals surface area contributed by atoms with Gasteiger partial charge < -0.3 is 15.5 Å². The van der Waals surface area contributed by atoms with E-state index in [1.807, 2.05) is 31.2 Å². The Labute approximate surface area is 132 Å². The van der Waals surface area contributed by atoms with Crippen molar-refractivity contribution < 1.29 is 9.59 Å². The van der Waals surface area contributed by atoms with Gasteiger partial charge in [0, 0.05) is 25.2 Å². The highest BCUT2D eigenvalue weighted by Crippen LogP contribution is 2.21. The first-order chi connectivity index (χ1) is 10.6. The Balaban J connectivity index is 1.82. The Morgan fingerprint density at radius 3 is 2.68 bits per heavy atom. The summed E-state index contributed by atoms with van der Waals surface area (Å²) in [6.45, 7) is 5.36. The van der Waals surface area contributed by atoms with Crippen LogP contribution in [0.3, 0.4) is 0 Å². The summed E-state index contributed by atoms with van der Waals surface area (Å²) in [5.41, 5.74) is 2.06.